The van der Waals surface area contributed by atoms with E-state index in [2.05, 4.69) is 5.32 Å². The highest BCUT2D eigenvalue weighted by Crippen LogP contribution is 2.18. The third kappa shape index (κ3) is 4.62. The minimum Gasteiger partial charge on any atom is -0.379 e. The molecule has 1 aliphatic rings. The van der Waals surface area contributed by atoms with Crippen molar-refractivity contribution in [2.24, 2.45) is 5.73 Å². The van der Waals surface area contributed by atoms with Gasteiger partial charge in [-0.05, 0) is 39.2 Å². The quantitative estimate of drug-likeness (QED) is 0.665. The highest BCUT2D eigenvalue weighted by atomic mass is 16.5. The summed E-state index contributed by atoms with van der Waals surface area (Å²) in [5.74, 6) is 0.122. The Balaban J connectivity index is 2.23. The first-order valence-electron chi connectivity index (χ1n) is 5.75. The largest absolute Gasteiger partial charge is 0.379 e. The van der Waals surface area contributed by atoms with Crippen LogP contribution in [0.25, 0.3) is 0 Å². The number of nitrogens with one attached hydrogen (secondary N) is 1. The first kappa shape index (κ1) is 12.5. The van der Waals surface area contributed by atoms with Gasteiger partial charge >= 0.3 is 0 Å². The monoisotopic (exact) mass is 214 g/mol. The summed E-state index contributed by atoms with van der Waals surface area (Å²) >= 11 is 0. The summed E-state index contributed by atoms with van der Waals surface area (Å²) in [5.41, 5.74) is 5.22. The first-order chi connectivity index (χ1) is 7.16. The highest BCUT2D eigenvalue weighted by Gasteiger charge is 2.28. The van der Waals surface area contributed by atoms with E-state index < -0.39 is 0 Å². The SMILES string of the molecule is CC1(NC(=O)CCCCN)CCCOC1. The number of amides is 1. The molecule has 15 heavy (non-hydrogen) atoms. The van der Waals surface area contributed by atoms with Crippen LogP contribution in [0.4, 0.5) is 0 Å². The van der Waals surface area contributed by atoms with Gasteiger partial charge in [0.2, 0.25) is 5.91 Å². The Morgan fingerprint density at radius 2 is 2.33 bits per heavy atom. The number of unbranched alkanes of at least 4 members (excludes halogenated alkanes) is 1. The molecule has 0 aliphatic carbocycles. The molecule has 1 saturated heterocycles. The van der Waals surface area contributed by atoms with Crippen molar-refractivity contribution in [3.63, 3.8) is 0 Å². The molecule has 1 rings (SSSR count). The molecule has 0 aromatic rings. The van der Waals surface area contributed by atoms with Crippen molar-refractivity contribution in [3.8, 4) is 0 Å². The molecule has 1 amide bonds. The van der Waals surface area contributed by atoms with E-state index in [-0.39, 0.29) is 11.4 Å². The van der Waals surface area contributed by atoms with E-state index in [0.29, 0.717) is 19.6 Å². The molecule has 0 aromatic carbocycles. The summed E-state index contributed by atoms with van der Waals surface area (Å²) in [6.45, 7) is 4.16. The zero-order valence-electron chi connectivity index (χ0n) is 9.55. The lowest BCUT2D eigenvalue weighted by molar-refractivity contribution is -0.124. The first-order valence-corrected chi connectivity index (χ1v) is 5.75. The second kappa shape index (κ2) is 6.08. The Hall–Kier alpha value is -0.610. The Morgan fingerprint density at radius 3 is 2.93 bits per heavy atom. The Kier molecular flexibility index (Phi) is 5.05. The van der Waals surface area contributed by atoms with Crippen LogP contribution in [-0.4, -0.2) is 31.2 Å². The molecule has 0 saturated carbocycles. The summed E-state index contributed by atoms with van der Waals surface area (Å²) in [6.07, 6.45) is 4.40. The lowest BCUT2D eigenvalue weighted by Crippen LogP contribution is -2.51. The van der Waals surface area contributed by atoms with E-state index >= 15 is 0 Å². The van der Waals surface area contributed by atoms with Crippen molar-refractivity contribution in [2.45, 2.75) is 44.6 Å². The van der Waals surface area contributed by atoms with E-state index in [9.17, 15) is 4.79 Å². The van der Waals surface area contributed by atoms with Gasteiger partial charge in [-0.1, -0.05) is 0 Å². The van der Waals surface area contributed by atoms with Crippen LogP contribution in [0.2, 0.25) is 0 Å². The molecule has 4 heteroatoms. The van der Waals surface area contributed by atoms with E-state index in [1.165, 1.54) is 0 Å². The molecule has 1 unspecified atom stereocenters. The van der Waals surface area contributed by atoms with Gasteiger partial charge in [0, 0.05) is 13.0 Å². The molecule has 1 aliphatic heterocycles. The van der Waals surface area contributed by atoms with Crippen molar-refractivity contribution in [3.05, 3.63) is 0 Å². The normalized spacial score (nSPS) is 26.3. The second-order valence-electron chi connectivity index (χ2n) is 4.51. The summed E-state index contributed by atoms with van der Waals surface area (Å²) in [4.78, 5) is 11.6. The summed E-state index contributed by atoms with van der Waals surface area (Å²) < 4.78 is 5.38. The van der Waals surface area contributed by atoms with Gasteiger partial charge in [0.15, 0.2) is 0 Å². The molecule has 0 aromatic heterocycles. The van der Waals surface area contributed by atoms with Gasteiger partial charge in [0.25, 0.3) is 0 Å². The predicted octanol–water partition coefficient (Wildman–Crippen LogP) is 0.801. The zero-order valence-corrected chi connectivity index (χ0v) is 9.55. The van der Waals surface area contributed by atoms with Crippen molar-refractivity contribution in [1.29, 1.82) is 0 Å². The van der Waals surface area contributed by atoms with Crippen LogP contribution < -0.4 is 11.1 Å². The minimum atomic E-state index is -0.155. The van der Waals surface area contributed by atoms with Gasteiger partial charge in [-0.25, -0.2) is 0 Å². The summed E-state index contributed by atoms with van der Waals surface area (Å²) in [6, 6.07) is 0. The van der Waals surface area contributed by atoms with Gasteiger partial charge in [-0.3, -0.25) is 4.79 Å². The number of nitrogens with two attached hydrogens (primary N) is 1. The van der Waals surface area contributed by atoms with Gasteiger partial charge < -0.3 is 15.8 Å². The van der Waals surface area contributed by atoms with Gasteiger partial charge in [-0.2, -0.15) is 0 Å². The molecule has 88 valence electrons. The molecule has 4 nitrogen and oxygen atoms in total. The second-order valence-corrected chi connectivity index (χ2v) is 4.51. The number of rotatable bonds is 5. The molecular formula is C11H22N2O2. The molecule has 0 spiro atoms. The van der Waals surface area contributed by atoms with Gasteiger partial charge in [-0.15, -0.1) is 0 Å². The Bertz CT molecular complexity index is 201. The summed E-state index contributed by atoms with van der Waals surface area (Å²) in [7, 11) is 0. The van der Waals surface area contributed by atoms with Crippen LogP contribution in [0.15, 0.2) is 0 Å². The third-order valence-corrected chi connectivity index (χ3v) is 2.74. The molecule has 1 atom stereocenters. The molecule has 1 fully saturated rings. The fourth-order valence-corrected chi connectivity index (χ4v) is 1.86. The van der Waals surface area contributed by atoms with E-state index in [1.54, 1.807) is 0 Å². The average molecular weight is 214 g/mol. The van der Waals surface area contributed by atoms with Crippen LogP contribution in [0.5, 0.6) is 0 Å². The van der Waals surface area contributed by atoms with Crippen molar-refractivity contribution in [1.82, 2.24) is 5.32 Å². The predicted molar refractivity (Wildman–Crippen MR) is 59.5 cm³/mol. The van der Waals surface area contributed by atoms with Crippen LogP contribution in [0, 0.1) is 0 Å². The third-order valence-electron chi connectivity index (χ3n) is 2.74. The maximum atomic E-state index is 11.6. The van der Waals surface area contributed by atoms with Crippen LogP contribution in [0.1, 0.15) is 39.0 Å². The maximum absolute atomic E-state index is 11.6. The Labute approximate surface area is 91.5 Å². The zero-order chi connectivity index (χ0) is 11.1. The molecular weight excluding hydrogens is 192 g/mol. The lowest BCUT2D eigenvalue weighted by atomic mass is 9.94. The number of hydrogen-bond acceptors (Lipinski definition) is 3. The van der Waals surface area contributed by atoms with Crippen LogP contribution >= 0.6 is 0 Å². The van der Waals surface area contributed by atoms with Crippen molar-refractivity contribution < 1.29 is 9.53 Å². The van der Waals surface area contributed by atoms with E-state index in [4.69, 9.17) is 10.5 Å². The highest BCUT2D eigenvalue weighted by molar-refractivity contribution is 5.76. The Morgan fingerprint density at radius 1 is 1.53 bits per heavy atom. The number of carbonyl (C=O) groups is 1. The van der Waals surface area contributed by atoms with E-state index in [0.717, 1.165) is 32.3 Å². The van der Waals surface area contributed by atoms with Crippen molar-refractivity contribution >= 4 is 5.91 Å². The molecule has 3 N–H and O–H groups in total. The average Bonchev–Trinajstić information content (AvgIpc) is 2.18. The fraction of sp³-hybridized carbons (Fsp3) is 0.909. The van der Waals surface area contributed by atoms with Crippen LogP contribution in [-0.2, 0) is 9.53 Å². The maximum Gasteiger partial charge on any atom is 0.220 e. The van der Waals surface area contributed by atoms with Gasteiger partial charge in [0.1, 0.15) is 0 Å². The fourth-order valence-electron chi connectivity index (χ4n) is 1.86. The molecule has 1 heterocycles. The minimum absolute atomic E-state index is 0.122. The molecule has 0 radical (unpaired) electrons. The lowest BCUT2D eigenvalue weighted by Gasteiger charge is -2.34. The number of carbonyl (C=O) groups excluding carboxylic acids is 1. The molecule has 0 bridgehead atoms. The van der Waals surface area contributed by atoms with Crippen LogP contribution in [0.3, 0.4) is 0 Å². The summed E-state index contributed by atoms with van der Waals surface area (Å²) in [5, 5.41) is 3.05. The number of ether oxygens (including phenoxy) is 1. The van der Waals surface area contributed by atoms with E-state index in [1.807, 2.05) is 6.92 Å². The van der Waals surface area contributed by atoms with Gasteiger partial charge in [0.05, 0.1) is 12.1 Å². The number of hydrogen-bond donors (Lipinski definition) is 2. The van der Waals surface area contributed by atoms with Crippen molar-refractivity contribution in [2.75, 3.05) is 19.8 Å². The smallest absolute Gasteiger partial charge is 0.220 e. The standard InChI is InChI=1S/C11H22N2O2/c1-11(6-4-8-15-9-11)13-10(14)5-2-3-7-12/h2-9,12H2,1H3,(H,13,14). The topological polar surface area (TPSA) is 64.4 Å².